The summed E-state index contributed by atoms with van der Waals surface area (Å²) in [5, 5.41) is 5.80. The molecule has 0 saturated carbocycles. The summed E-state index contributed by atoms with van der Waals surface area (Å²) in [6, 6.07) is 16.8. The first kappa shape index (κ1) is 20.7. The summed E-state index contributed by atoms with van der Waals surface area (Å²) in [5.41, 5.74) is 4.62. The molecule has 6 nitrogen and oxygen atoms in total. The summed E-state index contributed by atoms with van der Waals surface area (Å²) in [5.74, 6) is 0.274. The fraction of sp³-hybridized carbons (Fsp3) is 0.423. The Bertz CT molecular complexity index is 1040. The first-order valence-corrected chi connectivity index (χ1v) is 11.6. The van der Waals surface area contributed by atoms with Gasteiger partial charge < -0.3 is 10.6 Å². The molecule has 0 spiro atoms. The summed E-state index contributed by atoms with van der Waals surface area (Å²) >= 11 is 0. The van der Waals surface area contributed by atoms with Crippen molar-refractivity contribution in [2.75, 3.05) is 13.1 Å². The molecule has 1 heterocycles. The van der Waals surface area contributed by atoms with E-state index < -0.39 is 11.6 Å². The van der Waals surface area contributed by atoms with Gasteiger partial charge in [-0.25, -0.2) is 4.79 Å². The van der Waals surface area contributed by atoms with Crippen LogP contribution < -0.4 is 10.6 Å². The molecule has 2 aromatic carbocycles. The first-order chi connectivity index (χ1) is 15.5. The third-order valence-electron chi connectivity index (χ3n) is 7.74. The molecule has 166 valence electrons. The van der Waals surface area contributed by atoms with E-state index in [0.717, 1.165) is 11.3 Å². The Morgan fingerprint density at radius 2 is 1.56 bits per heavy atom. The number of rotatable bonds is 6. The quantitative estimate of drug-likeness (QED) is 0.687. The number of imide groups is 1. The second-order valence-electron chi connectivity index (χ2n) is 9.20. The number of benzene rings is 2. The summed E-state index contributed by atoms with van der Waals surface area (Å²) in [6.07, 6.45) is 2.00. The van der Waals surface area contributed by atoms with Gasteiger partial charge in [-0.1, -0.05) is 62.4 Å². The van der Waals surface area contributed by atoms with E-state index in [2.05, 4.69) is 59.2 Å². The van der Waals surface area contributed by atoms with Gasteiger partial charge in [0.25, 0.3) is 5.91 Å². The van der Waals surface area contributed by atoms with Crippen LogP contribution in [-0.2, 0) is 9.59 Å². The Hall–Kier alpha value is -3.15. The van der Waals surface area contributed by atoms with Crippen LogP contribution in [0.25, 0.3) is 0 Å². The molecule has 6 heteroatoms. The summed E-state index contributed by atoms with van der Waals surface area (Å²) in [7, 11) is 0. The lowest BCUT2D eigenvalue weighted by molar-refractivity contribution is -0.135. The van der Waals surface area contributed by atoms with Crippen LogP contribution >= 0.6 is 0 Å². The maximum Gasteiger partial charge on any atom is 0.325 e. The molecule has 3 aliphatic carbocycles. The molecule has 0 aromatic heterocycles. The van der Waals surface area contributed by atoms with Crippen molar-refractivity contribution < 1.29 is 14.4 Å². The SMILES string of the molecule is CCC1(CC)NC(=O)N(CC(=O)NCC2CC3c4ccccc4C2c2ccccc23)C1=O. The van der Waals surface area contributed by atoms with E-state index in [4.69, 9.17) is 0 Å². The number of carbonyl (C=O) groups is 3. The van der Waals surface area contributed by atoms with Crippen LogP contribution in [0.5, 0.6) is 0 Å². The monoisotopic (exact) mass is 431 g/mol. The number of amides is 4. The molecule has 1 aliphatic heterocycles. The molecule has 1 saturated heterocycles. The van der Waals surface area contributed by atoms with Crippen LogP contribution in [-0.4, -0.2) is 41.4 Å². The maximum absolute atomic E-state index is 12.8. The van der Waals surface area contributed by atoms with Crippen LogP contribution in [0.4, 0.5) is 4.79 Å². The molecule has 1 atom stereocenters. The number of carbonyl (C=O) groups excluding carboxylic acids is 3. The lowest BCUT2D eigenvalue weighted by atomic mass is 9.59. The number of urea groups is 1. The molecule has 6 rings (SSSR count). The molecule has 1 unspecified atom stereocenters. The Labute approximate surface area is 188 Å². The number of hydrogen-bond acceptors (Lipinski definition) is 3. The summed E-state index contributed by atoms with van der Waals surface area (Å²) in [4.78, 5) is 38.9. The normalized spacial score (nSPS) is 24.7. The van der Waals surface area contributed by atoms with Gasteiger partial charge >= 0.3 is 6.03 Å². The fourth-order valence-corrected chi connectivity index (χ4v) is 5.95. The molecule has 2 aromatic rings. The van der Waals surface area contributed by atoms with E-state index in [1.165, 1.54) is 22.3 Å². The minimum atomic E-state index is -0.882. The van der Waals surface area contributed by atoms with Crippen molar-refractivity contribution in [3.05, 3.63) is 70.8 Å². The lowest BCUT2D eigenvalue weighted by Crippen LogP contribution is -2.47. The molecule has 4 amide bonds. The van der Waals surface area contributed by atoms with Gasteiger partial charge in [0.05, 0.1) is 0 Å². The smallest absolute Gasteiger partial charge is 0.325 e. The van der Waals surface area contributed by atoms with E-state index in [-0.39, 0.29) is 30.2 Å². The number of nitrogens with one attached hydrogen (secondary N) is 2. The van der Waals surface area contributed by atoms with Crippen molar-refractivity contribution in [3.63, 3.8) is 0 Å². The minimum absolute atomic E-state index is 0.236. The molecule has 4 aliphatic rings. The Morgan fingerprint density at radius 1 is 1.00 bits per heavy atom. The molecule has 2 N–H and O–H groups in total. The lowest BCUT2D eigenvalue weighted by Gasteiger charge is -2.45. The highest BCUT2D eigenvalue weighted by Gasteiger charge is 2.49. The third kappa shape index (κ3) is 3.04. The van der Waals surface area contributed by atoms with Gasteiger partial charge in [0.15, 0.2) is 0 Å². The minimum Gasteiger partial charge on any atom is -0.354 e. The van der Waals surface area contributed by atoms with Gasteiger partial charge in [-0.2, -0.15) is 0 Å². The first-order valence-electron chi connectivity index (χ1n) is 11.6. The average molecular weight is 432 g/mol. The van der Waals surface area contributed by atoms with Crippen molar-refractivity contribution in [2.45, 2.75) is 50.5 Å². The Kier molecular flexibility index (Phi) is 5.03. The van der Waals surface area contributed by atoms with Gasteiger partial charge in [0.1, 0.15) is 12.1 Å². The average Bonchev–Trinajstić information content (AvgIpc) is 3.07. The topological polar surface area (TPSA) is 78.5 Å². The maximum atomic E-state index is 12.8. The van der Waals surface area contributed by atoms with E-state index in [1.807, 2.05) is 13.8 Å². The number of hydrogen-bond donors (Lipinski definition) is 2. The Morgan fingerprint density at radius 3 is 2.09 bits per heavy atom. The van der Waals surface area contributed by atoms with Gasteiger partial charge in [0.2, 0.25) is 5.91 Å². The van der Waals surface area contributed by atoms with Crippen LogP contribution in [0.2, 0.25) is 0 Å². The molecule has 0 radical (unpaired) electrons. The van der Waals surface area contributed by atoms with E-state index >= 15 is 0 Å². The Balaban J connectivity index is 1.30. The predicted octanol–water partition coefficient (Wildman–Crippen LogP) is 3.51. The van der Waals surface area contributed by atoms with Gasteiger partial charge in [-0.05, 0) is 47.4 Å². The largest absolute Gasteiger partial charge is 0.354 e. The standard InChI is InChI=1S/C26H29N3O3/c1-3-26(4-2)24(31)29(25(32)28-26)15-22(30)27-14-16-13-21-17-9-5-7-11-19(17)23(16)20-12-8-6-10-18(20)21/h5-12,16,21,23H,3-4,13-15H2,1-2H3,(H,27,30)(H,28,32). The highest BCUT2D eigenvalue weighted by molar-refractivity contribution is 6.08. The van der Waals surface area contributed by atoms with Crippen molar-refractivity contribution in [1.29, 1.82) is 0 Å². The van der Waals surface area contributed by atoms with Crippen molar-refractivity contribution in [2.24, 2.45) is 5.92 Å². The van der Waals surface area contributed by atoms with Gasteiger partial charge in [-0.15, -0.1) is 0 Å². The highest BCUT2D eigenvalue weighted by atomic mass is 16.2. The molecule has 2 bridgehead atoms. The van der Waals surface area contributed by atoms with Crippen molar-refractivity contribution in [3.8, 4) is 0 Å². The van der Waals surface area contributed by atoms with Gasteiger partial charge in [-0.3, -0.25) is 14.5 Å². The predicted molar refractivity (Wildman–Crippen MR) is 121 cm³/mol. The third-order valence-corrected chi connectivity index (χ3v) is 7.74. The van der Waals surface area contributed by atoms with Crippen molar-refractivity contribution in [1.82, 2.24) is 15.5 Å². The zero-order chi connectivity index (χ0) is 22.5. The zero-order valence-electron chi connectivity index (χ0n) is 18.6. The fourth-order valence-electron chi connectivity index (χ4n) is 5.95. The molecule has 32 heavy (non-hydrogen) atoms. The van der Waals surface area contributed by atoms with Crippen molar-refractivity contribution >= 4 is 17.8 Å². The second-order valence-corrected chi connectivity index (χ2v) is 9.20. The molecular formula is C26H29N3O3. The second kappa shape index (κ2) is 7.76. The van der Waals surface area contributed by atoms with Crippen LogP contribution in [0, 0.1) is 5.92 Å². The van der Waals surface area contributed by atoms with Crippen LogP contribution in [0.1, 0.15) is 67.2 Å². The number of nitrogens with zero attached hydrogens (tertiary/aromatic N) is 1. The summed E-state index contributed by atoms with van der Waals surface area (Å²) in [6.45, 7) is 4.04. The molecule has 1 fully saturated rings. The zero-order valence-corrected chi connectivity index (χ0v) is 18.6. The van der Waals surface area contributed by atoms with Gasteiger partial charge in [0, 0.05) is 18.4 Å². The van der Waals surface area contributed by atoms with Crippen LogP contribution in [0.3, 0.4) is 0 Å². The van der Waals surface area contributed by atoms with E-state index in [9.17, 15) is 14.4 Å². The van der Waals surface area contributed by atoms with Crippen LogP contribution in [0.15, 0.2) is 48.5 Å². The highest BCUT2D eigenvalue weighted by Crippen LogP contribution is 2.55. The van der Waals surface area contributed by atoms with E-state index in [0.29, 0.717) is 25.3 Å². The number of fused-ring (bicyclic) bond motifs is 1. The van der Waals surface area contributed by atoms with E-state index in [1.54, 1.807) is 0 Å². The molecular weight excluding hydrogens is 402 g/mol. The summed E-state index contributed by atoms with van der Waals surface area (Å²) < 4.78 is 0.